The first kappa shape index (κ1) is 16.8. The fourth-order valence-electron chi connectivity index (χ4n) is 2.02. The summed E-state index contributed by atoms with van der Waals surface area (Å²) in [6, 6.07) is 0. The number of aromatic amines is 1. The Morgan fingerprint density at radius 1 is 1.43 bits per heavy atom. The highest BCUT2D eigenvalue weighted by atomic mass is 32.2. The Kier molecular flexibility index (Phi) is 5.24. The monoisotopic (exact) mass is 332 g/mol. The van der Waals surface area contributed by atoms with Crippen LogP contribution in [0.25, 0.3) is 17.2 Å². The highest BCUT2D eigenvalue weighted by Gasteiger charge is 2.15. The molecule has 8 heteroatoms. The highest BCUT2D eigenvalue weighted by molar-refractivity contribution is 8.13. The molecule has 0 aromatic carbocycles. The maximum atomic E-state index is 12.1. The molecule has 2 rings (SSSR count). The number of rotatable bonds is 4. The molecular weight excluding hydrogens is 316 g/mol. The summed E-state index contributed by atoms with van der Waals surface area (Å²) in [5, 5.41) is 0.0267. The number of nitrogens with one attached hydrogen (secondary N) is 1. The SMILES string of the molecule is CC#CCn1c(C=CCSC(C)=O)nc2c1c(=O)[nH]c(=O)n2C. The van der Waals surface area contributed by atoms with E-state index in [2.05, 4.69) is 21.8 Å². The predicted molar refractivity (Wildman–Crippen MR) is 91.2 cm³/mol. The summed E-state index contributed by atoms with van der Waals surface area (Å²) in [4.78, 5) is 41.4. The Hall–Kier alpha value is -2.53. The van der Waals surface area contributed by atoms with Gasteiger partial charge in [-0.1, -0.05) is 23.8 Å². The Morgan fingerprint density at radius 3 is 2.83 bits per heavy atom. The zero-order valence-electron chi connectivity index (χ0n) is 13.0. The summed E-state index contributed by atoms with van der Waals surface area (Å²) in [6.07, 6.45) is 3.51. The molecule has 2 aromatic heterocycles. The van der Waals surface area contributed by atoms with Crippen molar-refractivity contribution in [2.24, 2.45) is 7.05 Å². The van der Waals surface area contributed by atoms with E-state index in [1.54, 1.807) is 30.7 Å². The molecule has 0 atom stereocenters. The van der Waals surface area contributed by atoms with E-state index in [1.165, 1.54) is 23.3 Å². The first-order valence-corrected chi connectivity index (χ1v) is 7.83. The molecule has 23 heavy (non-hydrogen) atoms. The van der Waals surface area contributed by atoms with Gasteiger partial charge in [-0.25, -0.2) is 9.78 Å². The van der Waals surface area contributed by atoms with Crippen LogP contribution in [0.15, 0.2) is 15.7 Å². The fraction of sp³-hybridized carbons (Fsp3) is 0.333. The van der Waals surface area contributed by atoms with E-state index in [1.807, 2.05) is 0 Å². The molecule has 0 aliphatic heterocycles. The van der Waals surface area contributed by atoms with Crippen LogP contribution in [-0.4, -0.2) is 30.0 Å². The van der Waals surface area contributed by atoms with Gasteiger partial charge in [0, 0.05) is 19.7 Å². The van der Waals surface area contributed by atoms with Crippen LogP contribution < -0.4 is 11.2 Å². The molecule has 120 valence electrons. The average molecular weight is 332 g/mol. The van der Waals surface area contributed by atoms with Gasteiger partial charge in [-0.3, -0.25) is 19.1 Å². The molecule has 0 spiro atoms. The zero-order chi connectivity index (χ0) is 17.0. The van der Waals surface area contributed by atoms with Crippen molar-refractivity contribution in [1.29, 1.82) is 0 Å². The Balaban J connectivity index is 2.58. The van der Waals surface area contributed by atoms with Gasteiger partial charge in [-0.15, -0.1) is 5.92 Å². The molecule has 2 heterocycles. The normalized spacial score (nSPS) is 10.9. The van der Waals surface area contributed by atoms with E-state index in [-0.39, 0.29) is 11.7 Å². The Bertz CT molecular complexity index is 953. The van der Waals surface area contributed by atoms with Crippen LogP contribution >= 0.6 is 11.8 Å². The van der Waals surface area contributed by atoms with E-state index in [0.717, 1.165) is 0 Å². The molecule has 0 amide bonds. The second-order valence-electron chi connectivity index (χ2n) is 4.68. The summed E-state index contributed by atoms with van der Waals surface area (Å²) in [5.74, 6) is 6.69. The van der Waals surface area contributed by atoms with E-state index >= 15 is 0 Å². The number of hydrogen-bond donors (Lipinski definition) is 1. The van der Waals surface area contributed by atoms with Gasteiger partial charge >= 0.3 is 5.69 Å². The molecule has 0 bridgehead atoms. The van der Waals surface area contributed by atoms with Gasteiger partial charge in [0.1, 0.15) is 5.82 Å². The number of carbonyl (C=O) groups is 1. The summed E-state index contributed by atoms with van der Waals surface area (Å²) in [7, 11) is 1.54. The van der Waals surface area contributed by atoms with Crippen molar-refractivity contribution in [2.45, 2.75) is 20.4 Å². The number of fused-ring (bicyclic) bond motifs is 1. The van der Waals surface area contributed by atoms with Crippen molar-refractivity contribution in [1.82, 2.24) is 19.1 Å². The van der Waals surface area contributed by atoms with Gasteiger partial charge in [0.2, 0.25) is 0 Å². The van der Waals surface area contributed by atoms with Crippen molar-refractivity contribution in [3.8, 4) is 11.8 Å². The highest BCUT2D eigenvalue weighted by Crippen LogP contribution is 2.12. The maximum Gasteiger partial charge on any atom is 0.329 e. The molecule has 2 aromatic rings. The minimum absolute atomic E-state index is 0.0267. The fourth-order valence-corrected chi connectivity index (χ4v) is 2.44. The van der Waals surface area contributed by atoms with Crippen molar-refractivity contribution >= 4 is 34.1 Å². The van der Waals surface area contributed by atoms with Gasteiger partial charge in [0.25, 0.3) is 5.56 Å². The summed E-state index contributed by atoms with van der Waals surface area (Å²) >= 11 is 1.18. The number of carbonyl (C=O) groups excluding carboxylic acids is 1. The van der Waals surface area contributed by atoms with Gasteiger partial charge in [0.15, 0.2) is 16.3 Å². The Morgan fingerprint density at radius 2 is 2.17 bits per heavy atom. The second-order valence-corrected chi connectivity index (χ2v) is 5.88. The lowest BCUT2D eigenvalue weighted by atomic mass is 10.4. The van der Waals surface area contributed by atoms with Gasteiger partial charge < -0.3 is 4.57 Å². The van der Waals surface area contributed by atoms with Gasteiger partial charge in [-0.2, -0.15) is 0 Å². The lowest BCUT2D eigenvalue weighted by Gasteiger charge is -2.01. The molecule has 7 nitrogen and oxygen atoms in total. The number of nitrogens with zero attached hydrogens (tertiary/aromatic N) is 3. The van der Waals surface area contributed by atoms with Gasteiger partial charge in [0.05, 0.1) is 6.54 Å². The van der Waals surface area contributed by atoms with Crippen LogP contribution in [0.3, 0.4) is 0 Å². The van der Waals surface area contributed by atoms with E-state index in [9.17, 15) is 14.4 Å². The van der Waals surface area contributed by atoms with E-state index < -0.39 is 11.2 Å². The maximum absolute atomic E-state index is 12.1. The quantitative estimate of drug-likeness (QED) is 0.834. The zero-order valence-corrected chi connectivity index (χ0v) is 13.9. The lowest BCUT2D eigenvalue weighted by molar-refractivity contribution is -0.109. The molecule has 0 aliphatic rings. The number of H-pyrrole nitrogens is 1. The van der Waals surface area contributed by atoms with Crippen LogP contribution in [0.1, 0.15) is 19.7 Å². The standard InChI is InChI=1S/C15H16N4O3S/c1-4-5-8-19-11(7-6-9-23-10(2)20)16-13-12(19)14(21)17-15(22)18(13)3/h6-7H,8-9H2,1-3H3,(H,17,21,22). The predicted octanol–water partition coefficient (Wildman–Crippen LogP) is 0.739. The lowest BCUT2D eigenvalue weighted by Crippen LogP contribution is -2.29. The third-order valence-corrected chi connectivity index (χ3v) is 3.87. The molecule has 0 fully saturated rings. The second kappa shape index (κ2) is 7.15. The summed E-state index contributed by atoms with van der Waals surface area (Å²) in [6.45, 7) is 3.49. The number of aryl methyl sites for hydroxylation is 1. The molecule has 0 radical (unpaired) electrons. The third kappa shape index (κ3) is 3.63. The first-order valence-electron chi connectivity index (χ1n) is 6.84. The molecule has 0 saturated heterocycles. The van der Waals surface area contributed by atoms with Crippen molar-refractivity contribution < 1.29 is 4.79 Å². The van der Waals surface area contributed by atoms with Crippen LogP contribution in [0, 0.1) is 11.8 Å². The molecular formula is C15H16N4O3S. The minimum atomic E-state index is -0.517. The first-order chi connectivity index (χ1) is 11.0. The van der Waals surface area contributed by atoms with Crippen LogP contribution in [0.4, 0.5) is 0 Å². The smallest absolute Gasteiger partial charge is 0.307 e. The van der Waals surface area contributed by atoms with E-state index in [4.69, 9.17) is 0 Å². The molecule has 1 N–H and O–H groups in total. The third-order valence-electron chi connectivity index (χ3n) is 3.10. The van der Waals surface area contributed by atoms with Crippen LogP contribution in [0.2, 0.25) is 0 Å². The van der Waals surface area contributed by atoms with E-state index in [0.29, 0.717) is 22.7 Å². The number of thioether (sulfide) groups is 1. The number of imidazole rings is 1. The van der Waals surface area contributed by atoms with Crippen molar-refractivity contribution in [3.05, 3.63) is 32.7 Å². The van der Waals surface area contributed by atoms with Crippen LogP contribution in [0.5, 0.6) is 0 Å². The Labute approximate surface area is 136 Å². The van der Waals surface area contributed by atoms with Crippen molar-refractivity contribution in [3.63, 3.8) is 0 Å². The molecule has 0 unspecified atom stereocenters. The molecule has 0 saturated carbocycles. The molecule has 0 aliphatic carbocycles. The largest absolute Gasteiger partial charge is 0.329 e. The minimum Gasteiger partial charge on any atom is -0.307 e. The number of aromatic nitrogens is 4. The number of hydrogen-bond acceptors (Lipinski definition) is 5. The summed E-state index contributed by atoms with van der Waals surface area (Å²) < 4.78 is 2.94. The topological polar surface area (TPSA) is 89.8 Å². The van der Waals surface area contributed by atoms with Crippen LogP contribution in [-0.2, 0) is 18.4 Å². The average Bonchev–Trinajstić information content (AvgIpc) is 2.86. The van der Waals surface area contributed by atoms with Gasteiger partial charge in [-0.05, 0) is 13.0 Å². The van der Waals surface area contributed by atoms with Crippen molar-refractivity contribution in [2.75, 3.05) is 5.75 Å². The summed E-state index contributed by atoms with van der Waals surface area (Å²) in [5.41, 5.74) is -0.410.